The van der Waals surface area contributed by atoms with Gasteiger partial charge in [0.25, 0.3) is 0 Å². The monoisotopic (exact) mass is 142 g/mol. The van der Waals surface area contributed by atoms with Crippen LogP contribution < -0.4 is 0 Å². The molecule has 0 aliphatic carbocycles. The van der Waals surface area contributed by atoms with Gasteiger partial charge in [0.1, 0.15) is 0 Å². The van der Waals surface area contributed by atoms with Crippen LogP contribution in [0, 0.1) is 0 Å². The Morgan fingerprint density at radius 3 is 3.00 bits per heavy atom. The van der Waals surface area contributed by atoms with Crippen LogP contribution in [0.4, 0.5) is 0 Å². The fraction of sp³-hybridized carbons (Fsp3) is 0.500. The van der Waals surface area contributed by atoms with E-state index in [1.165, 1.54) is 0 Å². The van der Waals surface area contributed by atoms with E-state index in [1.54, 1.807) is 12.3 Å². The van der Waals surface area contributed by atoms with Crippen molar-refractivity contribution in [3.8, 4) is 0 Å². The Morgan fingerprint density at radius 2 is 2.50 bits per heavy atom. The van der Waals surface area contributed by atoms with Gasteiger partial charge in [-0.2, -0.15) is 5.10 Å². The van der Waals surface area contributed by atoms with Crippen molar-refractivity contribution < 1.29 is 10.2 Å². The molecule has 1 heterocycles. The van der Waals surface area contributed by atoms with Crippen molar-refractivity contribution >= 4 is 0 Å². The van der Waals surface area contributed by atoms with Crippen molar-refractivity contribution in [1.82, 2.24) is 10.2 Å². The van der Waals surface area contributed by atoms with Crippen LogP contribution in [0.3, 0.4) is 0 Å². The molecule has 0 amide bonds. The molecule has 3 N–H and O–H groups in total. The molecule has 56 valence electrons. The quantitative estimate of drug-likeness (QED) is 0.523. The lowest BCUT2D eigenvalue weighted by Gasteiger charge is -2.01. The van der Waals surface area contributed by atoms with Crippen LogP contribution in [0.1, 0.15) is 5.69 Å². The Morgan fingerprint density at radius 1 is 1.70 bits per heavy atom. The average molecular weight is 142 g/mol. The van der Waals surface area contributed by atoms with Crippen LogP contribution >= 0.6 is 0 Å². The summed E-state index contributed by atoms with van der Waals surface area (Å²) < 4.78 is 0. The van der Waals surface area contributed by atoms with Gasteiger partial charge in [0.15, 0.2) is 0 Å². The molecular weight excluding hydrogens is 132 g/mol. The van der Waals surface area contributed by atoms with Gasteiger partial charge in [-0.15, -0.1) is 0 Å². The highest BCUT2D eigenvalue weighted by molar-refractivity contribution is 4.98. The average Bonchev–Trinajstić information content (AvgIpc) is 2.40. The molecule has 0 spiro atoms. The minimum Gasteiger partial charge on any atom is -0.394 e. The molecule has 1 aromatic heterocycles. The first-order chi connectivity index (χ1) is 4.83. The molecule has 0 saturated heterocycles. The van der Waals surface area contributed by atoms with Gasteiger partial charge in [0.2, 0.25) is 0 Å². The normalized spacial score (nSPS) is 13.4. The van der Waals surface area contributed by atoms with Crippen molar-refractivity contribution in [2.24, 2.45) is 0 Å². The van der Waals surface area contributed by atoms with E-state index in [-0.39, 0.29) is 6.61 Å². The van der Waals surface area contributed by atoms with Gasteiger partial charge >= 0.3 is 0 Å². The van der Waals surface area contributed by atoms with E-state index in [0.717, 1.165) is 5.69 Å². The predicted molar refractivity (Wildman–Crippen MR) is 35.4 cm³/mol. The van der Waals surface area contributed by atoms with Gasteiger partial charge in [-0.05, 0) is 6.07 Å². The number of aromatic nitrogens is 2. The third-order valence-electron chi connectivity index (χ3n) is 1.21. The fourth-order valence-corrected chi connectivity index (χ4v) is 0.711. The summed E-state index contributed by atoms with van der Waals surface area (Å²) in [4.78, 5) is 0. The molecular formula is C6H10N2O2. The molecule has 1 atom stereocenters. The van der Waals surface area contributed by atoms with Gasteiger partial charge in [-0.25, -0.2) is 0 Å². The van der Waals surface area contributed by atoms with Crippen LogP contribution in [0.25, 0.3) is 0 Å². The van der Waals surface area contributed by atoms with Crippen molar-refractivity contribution in [2.75, 3.05) is 6.61 Å². The highest BCUT2D eigenvalue weighted by Gasteiger charge is 2.03. The summed E-state index contributed by atoms with van der Waals surface area (Å²) in [5.41, 5.74) is 0.765. The molecule has 10 heavy (non-hydrogen) atoms. The van der Waals surface area contributed by atoms with Crippen LogP contribution in [0.5, 0.6) is 0 Å². The molecule has 0 saturated carbocycles. The highest BCUT2D eigenvalue weighted by Crippen LogP contribution is 1.96. The van der Waals surface area contributed by atoms with E-state index in [0.29, 0.717) is 6.42 Å². The zero-order valence-corrected chi connectivity index (χ0v) is 5.49. The van der Waals surface area contributed by atoms with Crippen LogP contribution in [0.15, 0.2) is 12.3 Å². The number of aliphatic hydroxyl groups excluding tert-OH is 2. The SMILES string of the molecule is OCC(O)Cc1cc[nH]n1. The van der Waals surface area contributed by atoms with Crippen molar-refractivity contribution in [1.29, 1.82) is 0 Å². The molecule has 1 unspecified atom stereocenters. The van der Waals surface area contributed by atoms with Crippen LogP contribution in [-0.2, 0) is 6.42 Å². The maximum atomic E-state index is 8.93. The lowest BCUT2D eigenvalue weighted by molar-refractivity contribution is 0.0947. The number of aromatic amines is 1. The minimum absolute atomic E-state index is 0.215. The Bertz CT molecular complexity index is 174. The van der Waals surface area contributed by atoms with Gasteiger partial charge in [0, 0.05) is 12.6 Å². The Kier molecular flexibility index (Phi) is 2.42. The van der Waals surface area contributed by atoms with Gasteiger partial charge in [-0.1, -0.05) is 0 Å². The predicted octanol–water partition coefficient (Wildman–Crippen LogP) is -0.695. The van der Waals surface area contributed by atoms with Crippen molar-refractivity contribution in [3.05, 3.63) is 18.0 Å². The maximum absolute atomic E-state index is 8.93. The molecule has 0 aliphatic heterocycles. The van der Waals surface area contributed by atoms with E-state index in [1.807, 2.05) is 0 Å². The second-order valence-corrected chi connectivity index (χ2v) is 2.11. The fourth-order valence-electron chi connectivity index (χ4n) is 0.711. The van der Waals surface area contributed by atoms with Gasteiger partial charge < -0.3 is 10.2 Å². The lowest BCUT2D eigenvalue weighted by atomic mass is 10.2. The zero-order valence-electron chi connectivity index (χ0n) is 5.49. The molecule has 0 aromatic carbocycles. The highest BCUT2D eigenvalue weighted by atomic mass is 16.3. The number of nitrogens with zero attached hydrogens (tertiary/aromatic N) is 1. The Hall–Kier alpha value is -0.870. The third kappa shape index (κ3) is 1.82. The number of hydrogen-bond donors (Lipinski definition) is 3. The molecule has 4 nitrogen and oxygen atoms in total. The second kappa shape index (κ2) is 3.34. The summed E-state index contributed by atoms with van der Waals surface area (Å²) in [6.45, 7) is -0.215. The molecule has 0 bridgehead atoms. The first-order valence-corrected chi connectivity index (χ1v) is 3.10. The third-order valence-corrected chi connectivity index (χ3v) is 1.21. The number of nitrogens with one attached hydrogen (secondary N) is 1. The van der Waals surface area contributed by atoms with Gasteiger partial charge in [0.05, 0.1) is 18.4 Å². The molecule has 4 heteroatoms. The van der Waals surface area contributed by atoms with Crippen LogP contribution in [-0.4, -0.2) is 33.1 Å². The van der Waals surface area contributed by atoms with E-state index in [2.05, 4.69) is 10.2 Å². The van der Waals surface area contributed by atoms with Crippen molar-refractivity contribution in [2.45, 2.75) is 12.5 Å². The second-order valence-electron chi connectivity index (χ2n) is 2.11. The number of aliphatic hydroxyl groups is 2. The topological polar surface area (TPSA) is 69.1 Å². The minimum atomic E-state index is -0.691. The van der Waals surface area contributed by atoms with E-state index in [4.69, 9.17) is 10.2 Å². The van der Waals surface area contributed by atoms with Crippen LogP contribution in [0.2, 0.25) is 0 Å². The smallest absolute Gasteiger partial charge is 0.0826 e. The van der Waals surface area contributed by atoms with Gasteiger partial charge in [-0.3, -0.25) is 5.10 Å². The van der Waals surface area contributed by atoms with Crippen molar-refractivity contribution in [3.63, 3.8) is 0 Å². The summed E-state index contributed by atoms with van der Waals surface area (Å²) in [5.74, 6) is 0. The largest absolute Gasteiger partial charge is 0.394 e. The lowest BCUT2D eigenvalue weighted by Crippen LogP contribution is -2.15. The zero-order chi connectivity index (χ0) is 7.40. The summed E-state index contributed by atoms with van der Waals surface area (Å²) in [5, 5.41) is 23.8. The summed E-state index contributed by atoms with van der Waals surface area (Å²) in [6.07, 6.45) is 1.39. The summed E-state index contributed by atoms with van der Waals surface area (Å²) in [7, 11) is 0. The van der Waals surface area contributed by atoms with E-state index < -0.39 is 6.10 Å². The molecule has 1 aromatic rings. The summed E-state index contributed by atoms with van der Waals surface area (Å²) in [6, 6.07) is 1.76. The van der Waals surface area contributed by atoms with E-state index in [9.17, 15) is 0 Å². The summed E-state index contributed by atoms with van der Waals surface area (Å²) >= 11 is 0. The molecule has 1 rings (SSSR count). The molecule has 0 aliphatic rings. The van der Waals surface area contributed by atoms with E-state index >= 15 is 0 Å². The maximum Gasteiger partial charge on any atom is 0.0826 e. The Labute approximate surface area is 58.5 Å². The number of rotatable bonds is 3. The molecule has 0 fully saturated rings. The molecule has 0 radical (unpaired) electrons. The number of H-pyrrole nitrogens is 1. The first-order valence-electron chi connectivity index (χ1n) is 3.10. The first kappa shape index (κ1) is 7.24. The number of hydrogen-bond acceptors (Lipinski definition) is 3. The Balaban J connectivity index is 2.40. The standard InChI is InChI=1S/C6H10N2O2/c9-4-6(10)3-5-1-2-7-8-5/h1-2,6,9-10H,3-4H2,(H,7,8).